The number of carbonyl (C=O) groups excluding carboxylic acids is 1. The van der Waals surface area contributed by atoms with Gasteiger partial charge in [0.1, 0.15) is 6.10 Å². The first-order valence-electron chi connectivity index (χ1n) is 7.84. The second kappa shape index (κ2) is 4.89. The van der Waals surface area contributed by atoms with Crippen LogP contribution in [0.25, 0.3) is 0 Å². The van der Waals surface area contributed by atoms with Crippen molar-refractivity contribution >= 4 is 6.03 Å². The maximum absolute atomic E-state index is 11.7. The average molecular weight is 316 g/mol. The summed E-state index contributed by atoms with van der Waals surface area (Å²) in [6.45, 7) is 1.03. The van der Waals surface area contributed by atoms with Crippen molar-refractivity contribution in [3.63, 3.8) is 0 Å². The fourth-order valence-electron chi connectivity index (χ4n) is 4.12. The molecule has 0 saturated heterocycles. The van der Waals surface area contributed by atoms with Crippen molar-refractivity contribution in [1.82, 2.24) is 4.90 Å². The number of urea groups is 1. The third-order valence-electron chi connectivity index (χ3n) is 5.27. The van der Waals surface area contributed by atoms with Gasteiger partial charge in [-0.1, -0.05) is 18.2 Å². The van der Waals surface area contributed by atoms with E-state index in [4.69, 9.17) is 15.2 Å². The number of aliphatic hydroxyl groups excluding tert-OH is 1. The van der Waals surface area contributed by atoms with Crippen LogP contribution in [-0.2, 0) is 12.0 Å². The summed E-state index contributed by atoms with van der Waals surface area (Å²) in [6, 6.07) is 3.43. The molecular weight excluding hydrogens is 296 g/mol. The number of ether oxygens (including phenoxy) is 2. The first kappa shape index (κ1) is 14.4. The molecule has 6 nitrogen and oxygen atoms in total. The second-order valence-electron chi connectivity index (χ2n) is 6.45. The standard InChI is InChI=1S/C17H20N2O4/c1-22-12-3-2-10-9-19(16(18)21)7-6-17-5-4-11(20)8-13(17)23-15(12)14(10)17/h2-5,11,13,20H,6-9H2,1H3,(H2,18,21). The lowest BCUT2D eigenvalue weighted by molar-refractivity contribution is 0.0823. The number of nitrogens with zero attached hydrogens (tertiary/aromatic N) is 1. The molecule has 6 heteroatoms. The van der Waals surface area contributed by atoms with Crippen molar-refractivity contribution in [1.29, 1.82) is 0 Å². The fraction of sp³-hybridized carbons (Fsp3) is 0.471. The predicted molar refractivity (Wildman–Crippen MR) is 83.5 cm³/mol. The van der Waals surface area contributed by atoms with E-state index < -0.39 is 12.1 Å². The second-order valence-corrected chi connectivity index (χ2v) is 6.45. The van der Waals surface area contributed by atoms with Gasteiger partial charge in [0, 0.05) is 25.1 Å². The zero-order valence-corrected chi connectivity index (χ0v) is 13.0. The van der Waals surface area contributed by atoms with E-state index in [1.165, 1.54) is 0 Å². The number of hydrogen-bond acceptors (Lipinski definition) is 4. The van der Waals surface area contributed by atoms with Gasteiger partial charge in [-0.05, 0) is 18.1 Å². The number of carbonyl (C=O) groups is 1. The summed E-state index contributed by atoms with van der Waals surface area (Å²) >= 11 is 0. The Balaban J connectivity index is 1.92. The van der Waals surface area contributed by atoms with E-state index in [0.717, 1.165) is 23.3 Å². The molecule has 0 radical (unpaired) electrons. The number of hydrogen-bond donors (Lipinski definition) is 2. The van der Waals surface area contributed by atoms with Gasteiger partial charge in [-0.2, -0.15) is 0 Å². The minimum atomic E-state index is -0.509. The van der Waals surface area contributed by atoms with E-state index in [0.29, 0.717) is 25.3 Å². The normalized spacial score (nSPS) is 31.0. The van der Waals surface area contributed by atoms with Gasteiger partial charge in [0.2, 0.25) is 0 Å². The van der Waals surface area contributed by atoms with Crippen molar-refractivity contribution in [3.8, 4) is 11.5 Å². The monoisotopic (exact) mass is 316 g/mol. The van der Waals surface area contributed by atoms with Gasteiger partial charge < -0.3 is 25.2 Å². The zero-order chi connectivity index (χ0) is 16.2. The molecule has 0 fully saturated rings. The van der Waals surface area contributed by atoms with Crippen LogP contribution in [0, 0.1) is 0 Å². The molecule has 23 heavy (non-hydrogen) atoms. The Kier molecular flexibility index (Phi) is 3.06. The summed E-state index contributed by atoms with van der Waals surface area (Å²) in [4.78, 5) is 13.4. The van der Waals surface area contributed by atoms with Crippen LogP contribution in [0.2, 0.25) is 0 Å². The molecule has 2 aliphatic heterocycles. The van der Waals surface area contributed by atoms with Crippen LogP contribution in [0.1, 0.15) is 24.0 Å². The third kappa shape index (κ3) is 1.94. The van der Waals surface area contributed by atoms with Gasteiger partial charge in [-0.25, -0.2) is 4.79 Å². The molecule has 1 aliphatic carbocycles. The average Bonchev–Trinajstić information content (AvgIpc) is 2.75. The highest BCUT2D eigenvalue weighted by molar-refractivity contribution is 5.73. The van der Waals surface area contributed by atoms with Gasteiger partial charge in [0.25, 0.3) is 0 Å². The van der Waals surface area contributed by atoms with Gasteiger partial charge in [-0.15, -0.1) is 0 Å². The third-order valence-corrected chi connectivity index (χ3v) is 5.27. The van der Waals surface area contributed by atoms with E-state index >= 15 is 0 Å². The van der Waals surface area contributed by atoms with Gasteiger partial charge in [0.05, 0.1) is 18.6 Å². The summed E-state index contributed by atoms with van der Waals surface area (Å²) in [5.74, 6) is 1.42. The molecule has 3 aliphatic rings. The lowest BCUT2D eigenvalue weighted by Gasteiger charge is -2.35. The molecule has 122 valence electrons. The Morgan fingerprint density at radius 3 is 3.09 bits per heavy atom. The lowest BCUT2D eigenvalue weighted by Crippen LogP contribution is -2.43. The molecule has 0 bridgehead atoms. The summed E-state index contributed by atoms with van der Waals surface area (Å²) in [5, 5.41) is 9.99. The SMILES string of the molecule is COc1ccc2c3c1OC1CC(O)C=CC31CCN(C(N)=O)C2. The minimum absolute atomic E-state index is 0.152. The number of amides is 2. The summed E-state index contributed by atoms with van der Waals surface area (Å²) in [6.07, 6.45) is 4.47. The highest BCUT2D eigenvalue weighted by Crippen LogP contribution is 2.55. The van der Waals surface area contributed by atoms with Crippen molar-refractivity contribution in [2.75, 3.05) is 13.7 Å². The molecule has 2 heterocycles. The molecule has 3 atom stereocenters. The topological polar surface area (TPSA) is 85.0 Å². The van der Waals surface area contributed by atoms with E-state index in [-0.39, 0.29) is 11.5 Å². The Labute approximate surface area is 134 Å². The van der Waals surface area contributed by atoms with Crippen LogP contribution in [0.4, 0.5) is 4.79 Å². The maximum Gasteiger partial charge on any atom is 0.315 e. The summed E-state index contributed by atoms with van der Waals surface area (Å²) in [5.41, 5.74) is 7.29. The van der Waals surface area contributed by atoms with Gasteiger partial charge in [-0.3, -0.25) is 0 Å². The lowest BCUT2D eigenvalue weighted by atomic mass is 9.69. The van der Waals surface area contributed by atoms with Crippen molar-refractivity contribution in [3.05, 3.63) is 35.4 Å². The molecule has 4 rings (SSSR count). The van der Waals surface area contributed by atoms with Crippen LogP contribution in [0.15, 0.2) is 24.3 Å². The highest BCUT2D eigenvalue weighted by atomic mass is 16.5. The predicted octanol–water partition coefficient (Wildman–Crippen LogP) is 1.30. The number of primary amides is 1. The Hall–Kier alpha value is -2.21. The molecule has 3 unspecified atom stereocenters. The van der Waals surface area contributed by atoms with Crippen LogP contribution in [0.3, 0.4) is 0 Å². The molecule has 1 aromatic rings. The maximum atomic E-state index is 11.7. The quantitative estimate of drug-likeness (QED) is 0.765. The highest BCUT2D eigenvalue weighted by Gasteiger charge is 2.53. The smallest absolute Gasteiger partial charge is 0.315 e. The minimum Gasteiger partial charge on any atom is -0.493 e. The molecule has 3 N–H and O–H groups in total. The molecule has 2 amide bonds. The largest absolute Gasteiger partial charge is 0.493 e. The first-order valence-corrected chi connectivity index (χ1v) is 7.84. The van der Waals surface area contributed by atoms with E-state index in [9.17, 15) is 9.90 Å². The number of methoxy groups -OCH3 is 1. The van der Waals surface area contributed by atoms with Crippen LogP contribution >= 0.6 is 0 Å². The Bertz CT molecular complexity index is 702. The van der Waals surface area contributed by atoms with Crippen LogP contribution in [-0.4, -0.2) is 41.9 Å². The number of aliphatic hydroxyl groups is 1. The van der Waals surface area contributed by atoms with Crippen LogP contribution in [0.5, 0.6) is 11.5 Å². The summed E-state index contributed by atoms with van der Waals surface area (Å²) < 4.78 is 11.7. The molecule has 1 spiro atoms. The van der Waals surface area contributed by atoms with Crippen molar-refractivity contribution in [2.45, 2.75) is 37.0 Å². The summed E-state index contributed by atoms with van der Waals surface area (Å²) in [7, 11) is 1.62. The zero-order valence-electron chi connectivity index (χ0n) is 13.0. The van der Waals surface area contributed by atoms with E-state index in [1.54, 1.807) is 12.0 Å². The van der Waals surface area contributed by atoms with E-state index in [2.05, 4.69) is 0 Å². The molecule has 0 aromatic heterocycles. The number of nitrogens with two attached hydrogens (primary N) is 1. The number of benzene rings is 1. The van der Waals surface area contributed by atoms with Crippen LogP contribution < -0.4 is 15.2 Å². The molecule has 0 saturated carbocycles. The van der Waals surface area contributed by atoms with E-state index in [1.807, 2.05) is 24.3 Å². The fourth-order valence-corrected chi connectivity index (χ4v) is 4.12. The Morgan fingerprint density at radius 2 is 2.35 bits per heavy atom. The molecule has 1 aromatic carbocycles. The van der Waals surface area contributed by atoms with Crippen molar-refractivity contribution in [2.24, 2.45) is 5.73 Å². The first-order chi connectivity index (χ1) is 11.0. The Morgan fingerprint density at radius 1 is 1.52 bits per heavy atom. The molecular formula is C17H20N2O4. The van der Waals surface area contributed by atoms with Gasteiger partial charge >= 0.3 is 6.03 Å². The van der Waals surface area contributed by atoms with Crippen molar-refractivity contribution < 1.29 is 19.4 Å². The number of rotatable bonds is 1. The van der Waals surface area contributed by atoms with Gasteiger partial charge in [0.15, 0.2) is 11.5 Å².